The minimum Gasteiger partial charge on any atom is -0.493 e. The number of rotatable bonds is 4. The summed E-state index contributed by atoms with van der Waals surface area (Å²) in [5, 5.41) is 9.45. The predicted octanol–water partition coefficient (Wildman–Crippen LogP) is 4.77. The second kappa shape index (κ2) is 7.01. The molecule has 0 atom stereocenters. The Morgan fingerprint density at radius 2 is 2.21 bits per heavy atom. The first kappa shape index (κ1) is 16.5. The van der Waals surface area contributed by atoms with Crippen LogP contribution in [0.3, 0.4) is 0 Å². The second-order valence-corrected chi connectivity index (χ2v) is 6.20. The topological polar surface area (TPSA) is 61.7 Å². The molecule has 0 radical (unpaired) electrons. The van der Waals surface area contributed by atoms with Crippen molar-refractivity contribution >= 4 is 45.3 Å². The number of hydrogen-bond acceptors (Lipinski definition) is 3. The van der Waals surface area contributed by atoms with Crippen LogP contribution in [-0.4, -0.2) is 16.6 Å². The van der Waals surface area contributed by atoms with Crippen molar-refractivity contribution in [3.8, 4) is 11.8 Å². The Kier molecular flexibility index (Phi) is 4.81. The van der Waals surface area contributed by atoms with E-state index in [2.05, 4.69) is 38.6 Å². The summed E-state index contributed by atoms with van der Waals surface area (Å²) >= 11 is 2.20. The van der Waals surface area contributed by atoms with Gasteiger partial charge >= 0.3 is 0 Å². The van der Waals surface area contributed by atoms with Crippen LogP contribution in [0.15, 0.2) is 36.4 Å². The minimum atomic E-state index is -0.346. The standard InChI is InChI=1S/C18H13FIN3O/c1-2-24-17-6-3-11(8-14(17)20)7-12(10-21)18-22-15-5-4-13(19)9-16(15)23-18/h3-9H,2H2,1H3,(H,22,23)/b12-7-. The van der Waals surface area contributed by atoms with Crippen molar-refractivity contribution in [2.75, 3.05) is 6.61 Å². The number of aromatic nitrogens is 2. The molecule has 0 saturated carbocycles. The van der Waals surface area contributed by atoms with Gasteiger partial charge in [-0.2, -0.15) is 5.26 Å². The number of nitrogens with one attached hydrogen (secondary N) is 1. The van der Waals surface area contributed by atoms with Gasteiger partial charge in [0.15, 0.2) is 0 Å². The van der Waals surface area contributed by atoms with Gasteiger partial charge in [-0.15, -0.1) is 0 Å². The van der Waals surface area contributed by atoms with Crippen LogP contribution in [0.4, 0.5) is 4.39 Å². The molecule has 6 heteroatoms. The van der Waals surface area contributed by atoms with Crippen LogP contribution in [0.1, 0.15) is 18.3 Å². The smallest absolute Gasteiger partial charge is 0.149 e. The van der Waals surface area contributed by atoms with E-state index in [1.165, 1.54) is 12.1 Å². The molecule has 0 saturated heterocycles. The fourth-order valence-corrected chi connectivity index (χ4v) is 3.00. The number of ether oxygens (including phenoxy) is 1. The lowest BCUT2D eigenvalue weighted by atomic mass is 10.1. The maximum Gasteiger partial charge on any atom is 0.149 e. The third-order valence-electron chi connectivity index (χ3n) is 3.39. The lowest BCUT2D eigenvalue weighted by Crippen LogP contribution is -1.94. The second-order valence-electron chi connectivity index (χ2n) is 5.04. The predicted molar refractivity (Wildman–Crippen MR) is 99.9 cm³/mol. The van der Waals surface area contributed by atoms with Crippen molar-refractivity contribution in [1.29, 1.82) is 5.26 Å². The Labute approximate surface area is 152 Å². The summed E-state index contributed by atoms with van der Waals surface area (Å²) in [6.45, 7) is 2.53. The van der Waals surface area contributed by atoms with Crippen molar-refractivity contribution in [2.45, 2.75) is 6.92 Å². The highest BCUT2D eigenvalue weighted by molar-refractivity contribution is 14.1. The van der Waals surface area contributed by atoms with Crippen molar-refractivity contribution in [3.05, 3.63) is 57.2 Å². The normalized spacial score (nSPS) is 11.5. The van der Waals surface area contributed by atoms with Crippen LogP contribution in [0.2, 0.25) is 0 Å². The highest BCUT2D eigenvalue weighted by atomic mass is 127. The molecule has 1 heterocycles. The summed E-state index contributed by atoms with van der Waals surface area (Å²) in [7, 11) is 0. The zero-order chi connectivity index (χ0) is 17.1. The molecular weight excluding hydrogens is 420 g/mol. The first-order valence-corrected chi connectivity index (χ1v) is 8.38. The van der Waals surface area contributed by atoms with Crippen LogP contribution < -0.4 is 4.74 Å². The number of H-pyrrole nitrogens is 1. The van der Waals surface area contributed by atoms with Crippen LogP contribution in [0.25, 0.3) is 22.7 Å². The molecule has 0 bridgehead atoms. The van der Waals surface area contributed by atoms with Crippen LogP contribution in [0.5, 0.6) is 5.75 Å². The van der Waals surface area contributed by atoms with E-state index < -0.39 is 0 Å². The fourth-order valence-electron chi connectivity index (χ4n) is 2.31. The number of allylic oxidation sites excluding steroid dienone is 1. The molecule has 1 N–H and O–H groups in total. The molecular formula is C18H13FIN3O. The number of hydrogen-bond donors (Lipinski definition) is 1. The zero-order valence-electron chi connectivity index (χ0n) is 12.8. The van der Waals surface area contributed by atoms with Crippen LogP contribution in [-0.2, 0) is 0 Å². The molecule has 1 aromatic heterocycles. The number of benzene rings is 2. The van der Waals surface area contributed by atoms with Gasteiger partial charge in [0.2, 0.25) is 0 Å². The quantitative estimate of drug-likeness (QED) is 0.477. The van der Waals surface area contributed by atoms with Crippen LogP contribution in [0, 0.1) is 20.7 Å². The number of aromatic amines is 1. The monoisotopic (exact) mass is 433 g/mol. The first-order chi connectivity index (χ1) is 11.6. The molecule has 24 heavy (non-hydrogen) atoms. The van der Waals surface area contributed by atoms with E-state index in [-0.39, 0.29) is 5.82 Å². The van der Waals surface area contributed by atoms with Gasteiger partial charge in [-0.25, -0.2) is 9.37 Å². The molecule has 0 aliphatic carbocycles. The maximum atomic E-state index is 13.3. The molecule has 2 aromatic carbocycles. The van der Waals surface area contributed by atoms with E-state index in [0.29, 0.717) is 29.0 Å². The molecule has 0 unspecified atom stereocenters. The van der Waals surface area contributed by atoms with Gasteiger partial charge in [0.05, 0.1) is 26.8 Å². The lowest BCUT2D eigenvalue weighted by molar-refractivity contribution is 0.338. The van der Waals surface area contributed by atoms with Crippen molar-refractivity contribution in [3.63, 3.8) is 0 Å². The molecule has 3 aromatic rings. The Morgan fingerprint density at radius 1 is 1.38 bits per heavy atom. The average Bonchev–Trinajstić information content (AvgIpc) is 2.98. The minimum absolute atomic E-state index is 0.346. The molecule has 0 fully saturated rings. The largest absolute Gasteiger partial charge is 0.493 e. The van der Waals surface area contributed by atoms with E-state index in [4.69, 9.17) is 4.74 Å². The van der Waals surface area contributed by atoms with Gasteiger partial charge in [0, 0.05) is 0 Å². The SMILES string of the molecule is CCOc1ccc(/C=C(/C#N)c2nc3ccc(F)cc3[nH]2)cc1I. The van der Waals surface area contributed by atoms with E-state index >= 15 is 0 Å². The number of nitrogens with zero attached hydrogens (tertiary/aromatic N) is 2. The fraction of sp³-hybridized carbons (Fsp3) is 0.111. The molecule has 120 valence electrons. The summed E-state index contributed by atoms with van der Waals surface area (Å²) in [5.41, 5.74) is 2.43. The van der Waals surface area contributed by atoms with E-state index in [9.17, 15) is 9.65 Å². The summed E-state index contributed by atoms with van der Waals surface area (Å²) in [6, 6.07) is 12.1. The Morgan fingerprint density at radius 3 is 2.92 bits per heavy atom. The summed E-state index contributed by atoms with van der Waals surface area (Å²) < 4.78 is 19.8. The first-order valence-electron chi connectivity index (χ1n) is 7.30. The lowest BCUT2D eigenvalue weighted by Gasteiger charge is -2.06. The highest BCUT2D eigenvalue weighted by Crippen LogP contribution is 2.25. The molecule has 0 aliphatic heterocycles. The number of nitriles is 1. The van der Waals surface area contributed by atoms with E-state index in [1.807, 2.05) is 25.1 Å². The van der Waals surface area contributed by atoms with Gasteiger partial charge in [-0.1, -0.05) is 6.07 Å². The number of fused-ring (bicyclic) bond motifs is 1. The highest BCUT2D eigenvalue weighted by Gasteiger charge is 2.09. The zero-order valence-corrected chi connectivity index (χ0v) is 15.0. The average molecular weight is 433 g/mol. The summed E-state index contributed by atoms with van der Waals surface area (Å²) in [6.07, 6.45) is 1.74. The van der Waals surface area contributed by atoms with Gasteiger partial charge in [-0.05, 0) is 71.5 Å². The van der Waals surface area contributed by atoms with Crippen molar-refractivity contribution in [2.24, 2.45) is 0 Å². The van der Waals surface area contributed by atoms with Crippen LogP contribution >= 0.6 is 22.6 Å². The van der Waals surface area contributed by atoms with Crippen molar-refractivity contribution < 1.29 is 9.13 Å². The summed E-state index contributed by atoms with van der Waals surface area (Å²) in [4.78, 5) is 7.34. The Hall–Kier alpha value is -2.40. The van der Waals surface area contributed by atoms with Gasteiger partial charge < -0.3 is 9.72 Å². The Bertz CT molecular complexity index is 972. The molecule has 0 aliphatic rings. The maximum absolute atomic E-state index is 13.3. The van der Waals surface area contributed by atoms with E-state index in [1.54, 1.807) is 12.1 Å². The van der Waals surface area contributed by atoms with Crippen molar-refractivity contribution in [1.82, 2.24) is 9.97 Å². The van der Waals surface area contributed by atoms with Gasteiger partial charge in [0.25, 0.3) is 0 Å². The van der Waals surface area contributed by atoms with Gasteiger partial charge in [0.1, 0.15) is 23.5 Å². The molecule has 3 rings (SSSR count). The Balaban J connectivity index is 1.99. The molecule has 4 nitrogen and oxygen atoms in total. The number of imidazole rings is 1. The third-order valence-corrected chi connectivity index (χ3v) is 4.23. The molecule has 0 spiro atoms. The van der Waals surface area contributed by atoms with Gasteiger partial charge in [-0.3, -0.25) is 0 Å². The third kappa shape index (κ3) is 3.41. The summed E-state index contributed by atoms with van der Waals surface area (Å²) in [5.74, 6) is 0.885. The number of halogens is 2. The molecule has 0 amide bonds. The van der Waals surface area contributed by atoms with E-state index in [0.717, 1.165) is 14.9 Å².